The Kier molecular flexibility index (Phi) is 2.71. The molecule has 1 aliphatic rings. The maximum Gasteiger partial charge on any atom is 0.0529 e. The van der Waals surface area contributed by atoms with Gasteiger partial charge in [0.05, 0.1) is 11.9 Å². The number of hydrogen-bond acceptors (Lipinski definition) is 2. The summed E-state index contributed by atoms with van der Waals surface area (Å²) in [7, 11) is 0. The van der Waals surface area contributed by atoms with Crippen molar-refractivity contribution >= 4 is 5.69 Å². The van der Waals surface area contributed by atoms with E-state index in [1.54, 1.807) is 0 Å². The Morgan fingerprint density at radius 2 is 2.29 bits per heavy atom. The highest BCUT2D eigenvalue weighted by atomic mass is 14.9. The molecule has 0 aliphatic heterocycles. The van der Waals surface area contributed by atoms with Gasteiger partial charge >= 0.3 is 0 Å². The molecule has 14 heavy (non-hydrogen) atoms. The summed E-state index contributed by atoms with van der Waals surface area (Å²) in [6.45, 7) is 5.46. The summed E-state index contributed by atoms with van der Waals surface area (Å²) in [6.07, 6.45) is 5.61. The minimum absolute atomic E-state index is 0.684. The van der Waals surface area contributed by atoms with Gasteiger partial charge in [0, 0.05) is 12.2 Å². The van der Waals surface area contributed by atoms with Crippen LogP contribution in [-0.4, -0.2) is 11.5 Å². The van der Waals surface area contributed by atoms with Gasteiger partial charge in [-0.3, -0.25) is 4.98 Å². The fourth-order valence-corrected chi connectivity index (χ4v) is 1.85. The zero-order valence-electron chi connectivity index (χ0n) is 9.01. The maximum absolute atomic E-state index is 4.47. The molecule has 0 atom stereocenters. The highest BCUT2D eigenvalue weighted by molar-refractivity contribution is 5.46. The third kappa shape index (κ3) is 2.06. The van der Waals surface area contributed by atoms with E-state index in [1.165, 1.54) is 36.2 Å². The summed E-state index contributed by atoms with van der Waals surface area (Å²) >= 11 is 0. The lowest BCUT2D eigenvalue weighted by atomic mass is 10.2. The van der Waals surface area contributed by atoms with E-state index < -0.39 is 0 Å². The molecule has 0 fully saturated rings. The quantitative estimate of drug-likeness (QED) is 0.792. The van der Waals surface area contributed by atoms with E-state index in [9.17, 15) is 0 Å². The summed E-state index contributed by atoms with van der Waals surface area (Å²) in [6, 6.07) is 2.26. The lowest BCUT2D eigenvalue weighted by Crippen LogP contribution is -2.08. The molecular weight excluding hydrogens is 172 g/mol. The first-order valence-corrected chi connectivity index (χ1v) is 5.47. The first-order chi connectivity index (χ1) is 6.75. The summed E-state index contributed by atoms with van der Waals surface area (Å²) in [5.41, 5.74) is 3.93. The average Bonchev–Trinajstić information content (AvgIpc) is 2.61. The van der Waals surface area contributed by atoms with Gasteiger partial charge < -0.3 is 5.32 Å². The lowest BCUT2D eigenvalue weighted by molar-refractivity contribution is 0.688. The molecule has 1 aromatic heterocycles. The van der Waals surface area contributed by atoms with Gasteiger partial charge in [0.2, 0.25) is 0 Å². The Morgan fingerprint density at radius 3 is 3.07 bits per heavy atom. The number of aryl methyl sites for hydroxylation is 2. The molecule has 0 unspecified atom stereocenters. The molecule has 0 saturated carbocycles. The number of nitrogens with zero attached hydrogens (tertiary/aromatic N) is 1. The van der Waals surface area contributed by atoms with Crippen LogP contribution in [0.15, 0.2) is 12.3 Å². The van der Waals surface area contributed by atoms with Crippen molar-refractivity contribution in [3.05, 3.63) is 23.5 Å². The SMILES string of the molecule is CC(C)CNc1cnc2c(c1)CCC2. The molecule has 1 N–H and O–H groups in total. The van der Waals surface area contributed by atoms with Crippen LogP contribution in [-0.2, 0) is 12.8 Å². The zero-order valence-corrected chi connectivity index (χ0v) is 9.01. The van der Waals surface area contributed by atoms with Crippen LogP contribution >= 0.6 is 0 Å². The summed E-state index contributed by atoms with van der Waals surface area (Å²) < 4.78 is 0. The fraction of sp³-hybridized carbons (Fsp3) is 0.583. The molecule has 0 saturated heterocycles. The van der Waals surface area contributed by atoms with Crippen LogP contribution in [0.5, 0.6) is 0 Å². The van der Waals surface area contributed by atoms with Crippen molar-refractivity contribution in [2.45, 2.75) is 33.1 Å². The number of aromatic nitrogens is 1. The van der Waals surface area contributed by atoms with Crippen molar-refractivity contribution in [3.63, 3.8) is 0 Å². The predicted molar refractivity (Wildman–Crippen MR) is 59.6 cm³/mol. The van der Waals surface area contributed by atoms with Gasteiger partial charge in [0.15, 0.2) is 0 Å². The molecule has 0 spiro atoms. The first-order valence-electron chi connectivity index (χ1n) is 5.47. The molecule has 2 nitrogen and oxygen atoms in total. The summed E-state index contributed by atoms with van der Waals surface area (Å²) in [5, 5.41) is 3.41. The number of anilines is 1. The molecule has 1 aliphatic carbocycles. The minimum atomic E-state index is 0.684. The van der Waals surface area contributed by atoms with Gasteiger partial charge in [-0.05, 0) is 36.8 Å². The van der Waals surface area contributed by atoms with Crippen molar-refractivity contribution < 1.29 is 0 Å². The molecule has 0 bridgehead atoms. The molecule has 2 heteroatoms. The molecule has 2 rings (SSSR count). The average molecular weight is 190 g/mol. The van der Waals surface area contributed by atoms with Gasteiger partial charge in [-0.25, -0.2) is 0 Å². The van der Waals surface area contributed by atoms with E-state index in [-0.39, 0.29) is 0 Å². The van der Waals surface area contributed by atoms with E-state index in [4.69, 9.17) is 0 Å². The predicted octanol–water partition coefficient (Wildman–Crippen LogP) is 2.64. The summed E-state index contributed by atoms with van der Waals surface area (Å²) in [5.74, 6) is 0.684. The second-order valence-corrected chi connectivity index (χ2v) is 4.46. The van der Waals surface area contributed by atoms with Crippen LogP contribution in [0.25, 0.3) is 0 Å². The third-order valence-electron chi connectivity index (χ3n) is 2.63. The number of nitrogens with one attached hydrogen (secondary N) is 1. The Balaban J connectivity index is 2.05. The van der Waals surface area contributed by atoms with Crippen LogP contribution in [0.3, 0.4) is 0 Å². The van der Waals surface area contributed by atoms with Crippen molar-refractivity contribution in [2.75, 3.05) is 11.9 Å². The van der Waals surface area contributed by atoms with Gasteiger partial charge in [0.1, 0.15) is 0 Å². The second kappa shape index (κ2) is 3.99. The standard InChI is InChI=1S/C12H18N2/c1-9(2)7-13-11-6-10-4-3-5-12(10)14-8-11/h6,8-9,13H,3-5,7H2,1-2H3. The van der Waals surface area contributed by atoms with Crippen molar-refractivity contribution in [1.82, 2.24) is 4.98 Å². The van der Waals surface area contributed by atoms with Crippen LogP contribution in [0.4, 0.5) is 5.69 Å². The van der Waals surface area contributed by atoms with Crippen LogP contribution < -0.4 is 5.32 Å². The van der Waals surface area contributed by atoms with Crippen molar-refractivity contribution in [1.29, 1.82) is 0 Å². The Hall–Kier alpha value is -1.05. The highest BCUT2D eigenvalue weighted by Crippen LogP contribution is 2.22. The normalized spacial score (nSPS) is 14.5. The summed E-state index contributed by atoms with van der Waals surface area (Å²) in [4.78, 5) is 4.47. The van der Waals surface area contributed by atoms with Gasteiger partial charge in [-0.2, -0.15) is 0 Å². The molecule has 1 aromatic rings. The number of hydrogen-bond donors (Lipinski definition) is 1. The molecule has 1 heterocycles. The van der Waals surface area contributed by atoms with Crippen molar-refractivity contribution in [3.8, 4) is 0 Å². The number of fused-ring (bicyclic) bond motifs is 1. The largest absolute Gasteiger partial charge is 0.384 e. The smallest absolute Gasteiger partial charge is 0.0529 e. The van der Waals surface area contributed by atoms with Gasteiger partial charge in [-0.15, -0.1) is 0 Å². The van der Waals surface area contributed by atoms with E-state index >= 15 is 0 Å². The zero-order chi connectivity index (χ0) is 9.97. The monoisotopic (exact) mass is 190 g/mol. The van der Waals surface area contributed by atoms with E-state index in [0.29, 0.717) is 5.92 Å². The Bertz CT molecular complexity index is 318. The molecule has 0 radical (unpaired) electrons. The fourth-order valence-electron chi connectivity index (χ4n) is 1.85. The Labute approximate surface area is 85.7 Å². The third-order valence-corrected chi connectivity index (χ3v) is 2.63. The van der Waals surface area contributed by atoms with E-state index in [2.05, 4.69) is 30.2 Å². The lowest BCUT2D eigenvalue weighted by Gasteiger charge is -2.09. The van der Waals surface area contributed by atoms with E-state index in [1.807, 2.05) is 6.20 Å². The molecule has 76 valence electrons. The van der Waals surface area contributed by atoms with Gasteiger partial charge in [0.25, 0.3) is 0 Å². The van der Waals surface area contributed by atoms with Crippen LogP contribution in [0.1, 0.15) is 31.5 Å². The van der Waals surface area contributed by atoms with E-state index in [0.717, 1.165) is 6.54 Å². The molecular formula is C12H18N2. The first kappa shape index (κ1) is 9.50. The van der Waals surface area contributed by atoms with Gasteiger partial charge in [-0.1, -0.05) is 13.8 Å². The maximum atomic E-state index is 4.47. The number of rotatable bonds is 3. The Morgan fingerprint density at radius 1 is 1.43 bits per heavy atom. The highest BCUT2D eigenvalue weighted by Gasteiger charge is 2.11. The molecule has 0 aromatic carbocycles. The second-order valence-electron chi connectivity index (χ2n) is 4.46. The molecule has 0 amide bonds. The topological polar surface area (TPSA) is 24.9 Å². The number of pyridine rings is 1. The minimum Gasteiger partial charge on any atom is -0.384 e. The van der Waals surface area contributed by atoms with Crippen LogP contribution in [0.2, 0.25) is 0 Å². The van der Waals surface area contributed by atoms with Crippen LogP contribution in [0, 0.1) is 5.92 Å². The van der Waals surface area contributed by atoms with Crippen molar-refractivity contribution in [2.24, 2.45) is 5.92 Å².